The van der Waals surface area contributed by atoms with Crippen LogP contribution in [0.1, 0.15) is 65.3 Å². The molecule has 2 nitrogen and oxygen atoms in total. The molecule has 0 spiro atoms. The zero-order valence-electron chi connectivity index (χ0n) is 31.6. The number of aromatic nitrogens is 1. The lowest BCUT2D eigenvalue weighted by Gasteiger charge is -2.25. The molecule has 1 aromatic heterocycles. The molecule has 0 aliphatic carbocycles. The van der Waals surface area contributed by atoms with Crippen molar-refractivity contribution in [1.82, 2.24) is 4.98 Å². The molecule has 254 valence electrons. The van der Waals surface area contributed by atoms with Gasteiger partial charge in [-0.25, -0.2) is 0 Å². The van der Waals surface area contributed by atoms with E-state index in [1.807, 2.05) is 0 Å². The van der Waals surface area contributed by atoms with Gasteiger partial charge in [0, 0.05) is 27.9 Å². The second kappa shape index (κ2) is 12.8. The molecule has 0 aliphatic heterocycles. The minimum Gasteiger partial charge on any atom is -0.253 e. The van der Waals surface area contributed by atoms with Crippen LogP contribution < -0.4 is 0 Å². The van der Waals surface area contributed by atoms with Crippen molar-refractivity contribution in [3.63, 3.8) is 0 Å². The fraction of sp³-hybridized carbons (Fsp3) is 0.224. The Labute approximate surface area is 303 Å². The quantitative estimate of drug-likeness (QED) is 0.128. The van der Waals surface area contributed by atoms with E-state index >= 15 is 0 Å². The molecule has 0 N–H and O–H groups in total. The third-order valence-corrected chi connectivity index (χ3v) is 10.4. The molecule has 0 radical (unpaired) electrons. The number of allylic oxidation sites excluding steroid dienone is 2. The number of hydrogen-bond acceptors (Lipinski definition) is 2. The van der Waals surface area contributed by atoms with E-state index in [1.54, 1.807) is 0 Å². The summed E-state index contributed by atoms with van der Waals surface area (Å²) in [5, 5.41) is 7.31. The summed E-state index contributed by atoms with van der Waals surface area (Å²) in [4.78, 5) is 10.4. The van der Waals surface area contributed by atoms with Gasteiger partial charge in [0.2, 0.25) is 0 Å². The Kier molecular flexibility index (Phi) is 8.54. The second-order valence-corrected chi connectivity index (χ2v) is 16.2. The maximum absolute atomic E-state index is 5.36. The monoisotopic (exact) mass is 664 g/mol. The van der Waals surface area contributed by atoms with Crippen LogP contribution in [0.25, 0.3) is 71.5 Å². The summed E-state index contributed by atoms with van der Waals surface area (Å²) in [6.45, 7) is 24.6. The lowest BCUT2D eigenvalue weighted by molar-refractivity contribution is 0.503. The molecule has 51 heavy (non-hydrogen) atoms. The first-order chi connectivity index (χ1) is 24.2. The van der Waals surface area contributed by atoms with Gasteiger partial charge in [0.1, 0.15) is 0 Å². The van der Waals surface area contributed by atoms with E-state index in [9.17, 15) is 0 Å². The van der Waals surface area contributed by atoms with Gasteiger partial charge in [0.05, 0.1) is 11.4 Å². The molecule has 6 aromatic carbocycles. The van der Waals surface area contributed by atoms with Crippen LogP contribution in [0.15, 0.2) is 132 Å². The number of pyridine rings is 1. The second-order valence-electron chi connectivity index (χ2n) is 16.2. The first-order valence-corrected chi connectivity index (χ1v) is 18.0. The highest BCUT2D eigenvalue weighted by Gasteiger charge is 2.24. The Morgan fingerprint density at radius 2 is 1.24 bits per heavy atom. The fourth-order valence-electron chi connectivity index (χ4n) is 7.04. The maximum Gasteiger partial charge on any atom is 0.0734 e. The van der Waals surface area contributed by atoms with Gasteiger partial charge in [-0.05, 0) is 123 Å². The molecule has 7 aromatic rings. The molecule has 2 heteroatoms. The van der Waals surface area contributed by atoms with Crippen LogP contribution in [0.2, 0.25) is 0 Å². The molecule has 0 fully saturated rings. The Balaban J connectivity index is 1.61. The zero-order chi connectivity index (χ0) is 36.2. The third-order valence-electron chi connectivity index (χ3n) is 10.4. The molecule has 0 amide bonds. The molecule has 0 unspecified atom stereocenters. The number of rotatable bonds is 6. The smallest absolute Gasteiger partial charge is 0.0734 e. The van der Waals surface area contributed by atoms with E-state index in [4.69, 9.17) is 9.98 Å². The summed E-state index contributed by atoms with van der Waals surface area (Å²) >= 11 is 0. The highest BCUT2D eigenvalue weighted by atomic mass is 14.8. The van der Waals surface area contributed by atoms with Gasteiger partial charge in [-0.2, -0.15) is 0 Å². The van der Waals surface area contributed by atoms with Gasteiger partial charge >= 0.3 is 0 Å². The van der Waals surface area contributed by atoms with E-state index in [1.165, 1.54) is 60.3 Å². The van der Waals surface area contributed by atoms with Gasteiger partial charge in [0.15, 0.2) is 0 Å². The number of aliphatic imine (C=N–C) groups is 1. The highest BCUT2D eigenvalue weighted by molar-refractivity contribution is 6.30. The number of aryl methyl sites for hydroxylation is 2. The fourth-order valence-corrected chi connectivity index (χ4v) is 7.04. The lowest BCUT2D eigenvalue weighted by Crippen LogP contribution is -2.20. The normalized spacial score (nSPS) is 13.1. The predicted molar refractivity (Wildman–Crippen MR) is 223 cm³/mol. The van der Waals surface area contributed by atoms with Gasteiger partial charge in [0.25, 0.3) is 0 Å². The van der Waals surface area contributed by atoms with E-state index in [0.29, 0.717) is 0 Å². The molecule has 1 heterocycles. The summed E-state index contributed by atoms with van der Waals surface area (Å²) in [6.07, 6.45) is 2.27. The largest absolute Gasteiger partial charge is 0.253 e. The van der Waals surface area contributed by atoms with Crippen molar-refractivity contribution >= 4 is 43.7 Å². The van der Waals surface area contributed by atoms with Crippen molar-refractivity contribution in [1.29, 1.82) is 0 Å². The maximum atomic E-state index is 5.36. The Hall–Kier alpha value is -5.34. The van der Waals surface area contributed by atoms with Crippen molar-refractivity contribution in [2.45, 2.75) is 62.3 Å². The van der Waals surface area contributed by atoms with Crippen molar-refractivity contribution in [3.05, 3.63) is 144 Å². The standard InChI is InChI=1S/C49H48N2/c1-30-21-22-32(3)50-47(30)37-26-36-23-24-38-39(33(4)51-44(49(8,9)10)25-31(2)48(5,6)7)28-40(34-17-13-11-14-18-34)43-29-41(35-19-15-12-16-20-35)42(27-37)45(36)46(38)43/h11-29H,4H2,1-3,5-10H3/b31-25+,51-44?. The summed E-state index contributed by atoms with van der Waals surface area (Å²) in [6, 6.07) is 39.8. The lowest BCUT2D eigenvalue weighted by atomic mass is 9.82. The number of hydrogen-bond donors (Lipinski definition) is 0. The number of nitrogens with zero attached hydrogens (tertiary/aromatic N) is 2. The Morgan fingerprint density at radius 3 is 1.84 bits per heavy atom. The summed E-state index contributed by atoms with van der Waals surface area (Å²) in [5.74, 6) is 0. The van der Waals surface area contributed by atoms with Crippen molar-refractivity contribution in [2.24, 2.45) is 15.8 Å². The van der Waals surface area contributed by atoms with Crippen molar-refractivity contribution in [3.8, 4) is 33.5 Å². The van der Waals surface area contributed by atoms with Crippen molar-refractivity contribution < 1.29 is 0 Å². The minimum absolute atomic E-state index is 0.0443. The molecular weight excluding hydrogens is 617 g/mol. The van der Waals surface area contributed by atoms with Gasteiger partial charge in [-0.3, -0.25) is 9.98 Å². The average Bonchev–Trinajstić information content (AvgIpc) is 3.10. The molecule has 0 saturated carbocycles. The van der Waals surface area contributed by atoms with Gasteiger partial charge in [-0.15, -0.1) is 0 Å². The first-order valence-electron chi connectivity index (χ1n) is 18.0. The minimum atomic E-state index is -0.162. The van der Waals surface area contributed by atoms with Crippen LogP contribution in [-0.4, -0.2) is 10.7 Å². The highest BCUT2D eigenvalue weighted by Crippen LogP contribution is 2.47. The van der Waals surface area contributed by atoms with Crippen molar-refractivity contribution in [2.75, 3.05) is 0 Å². The molecular formula is C49H48N2. The molecule has 0 atom stereocenters. The zero-order valence-corrected chi connectivity index (χ0v) is 31.6. The topological polar surface area (TPSA) is 25.2 Å². The van der Waals surface area contributed by atoms with Gasteiger partial charge < -0.3 is 0 Å². The summed E-state index contributed by atoms with van der Waals surface area (Å²) in [7, 11) is 0. The van der Waals surface area contributed by atoms with Crippen LogP contribution in [0.3, 0.4) is 0 Å². The summed E-state index contributed by atoms with van der Waals surface area (Å²) < 4.78 is 0. The average molecular weight is 665 g/mol. The van der Waals surface area contributed by atoms with E-state index in [-0.39, 0.29) is 10.8 Å². The van der Waals surface area contributed by atoms with Crippen LogP contribution in [0, 0.1) is 24.7 Å². The molecule has 7 rings (SSSR count). The number of benzene rings is 6. The van der Waals surface area contributed by atoms with E-state index in [0.717, 1.165) is 39.3 Å². The first kappa shape index (κ1) is 34.1. The van der Waals surface area contributed by atoms with Gasteiger partial charge in [-0.1, -0.05) is 133 Å². The SMILES string of the molecule is C=C(N=C(/C=C(\C)C(C)(C)C)C(C)(C)C)c1cc(-c2ccccc2)c2cc(-c3ccccc3)c3cc(-c4nc(C)ccc4C)cc4ccc1c2c43. The molecule has 0 aliphatic rings. The van der Waals surface area contributed by atoms with Crippen LogP contribution in [-0.2, 0) is 0 Å². The summed E-state index contributed by atoms with van der Waals surface area (Å²) in [5.41, 5.74) is 13.2. The van der Waals surface area contributed by atoms with E-state index in [2.05, 4.69) is 184 Å². The molecule has 0 bridgehead atoms. The van der Waals surface area contributed by atoms with Crippen LogP contribution in [0.4, 0.5) is 0 Å². The molecule has 0 saturated heterocycles. The third kappa shape index (κ3) is 6.40. The van der Waals surface area contributed by atoms with E-state index < -0.39 is 0 Å². The van der Waals surface area contributed by atoms with Crippen LogP contribution >= 0.6 is 0 Å². The Bertz CT molecular complexity index is 2500. The predicted octanol–water partition coefficient (Wildman–Crippen LogP) is 14.0. The van der Waals surface area contributed by atoms with Crippen LogP contribution in [0.5, 0.6) is 0 Å². The Morgan fingerprint density at radius 1 is 0.627 bits per heavy atom.